The number of nitrogens with two attached hydrogens (primary N) is 1. The predicted octanol–water partition coefficient (Wildman–Crippen LogP) is 3.88. The number of hydrogen-bond donors (Lipinski definition) is 4. The SMILES string of the molecule is CCOc1c(CC(N)=O)cc([C@@](O)(CNC(=O)c2cc(O)c3nn(C4CC4)cc3c2)C(F)(F)F)nc1-c1ccc(F)cc1. The number of aromatic hydroxyl groups is 1. The molecular weight excluding hydrogens is 574 g/mol. The van der Waals surface area contributed by atoms with Crippen LogP contribution in [0.4, 0.5) is 17.6 Å². The Morgan fingerprint density at radius 2 is 1.86 bits per heavy atom. The summed E-state index contributed by atoms with van der Waals surface area (Å²) >= 11 is 0. The molecule has 14 heteroatoms. The molecule has 0 unspecified atom stereocenters. The largest absolute Gasteiger partial charge is 0.506 e. The lowest BCUT2D eigenvalue weighted by Crippen LogP contribution is -2.51. The van der Waals surface area contributed by atoms with E-state index in [1.54, 1.807) is 17.8 Å². The van der Waals surface area contributed by atoms with Crippen LogP contribution in [-0.4, -0.2) is 56.1 Å². The van der Waals surface area contributed by atoms with Crippen molar-refractivity contribution in [2.75, 3.05) is 13.2 Å². The number of phenolic OH excluding ortho intramolecular Hbond substituents is 1. The Labute approximate surface area is 242 Å². The summed E-state index contributed by atoms with van der Waals surface area (Å²) in [4.78, 5) is 28.9. The van der Waals surface area contributed by atoms with Crippen LogP contribution in [0.2, 0.25) is 0 Å². The van der Waals surface area contributed by atoms with Crippen molar-refractivity contribution >= 4 is 22.7 Å². The van der Waals surface area contributed by atoms with Crippen molar-refractivity contribution in [2.24, 2.45) is 5.73 Å². The van der Waals surface area contributed by atoms with Crippen LogP contribution in [0.5, 0.6) is 11.5 Å². The molecule has 5 rings (SSSR count). The molecule has 10 nitrogen and oxygen atoms in total. The fourth-order valence-electron chi connectivity index (χ4n) is 4.66. The molecule has 43 heavy (non-hydrogen) atoms. The third-order valence-electron chi connectivity index (χ3n) is 7.01. The first kappa shape index (κ1) is 29.8. The molecule has 2 aromatic carbocycles. The molecule has 1 aliphatic rings. The fraction of sp³-hybridized carbons (Fsp3) is 0.310. The van der Waals surface area contributed by atoms with Crippen molar-refractivity contribution in [1.29, 1.82) is 0 Å². The molecule has 4 aromatic rings. The van der Waals surface area contributed by atoms with E-state index in [1.165, 1.54) is 18.2 Å². The number of pyridine rings is 1. The summed E-state index contributed by atoms with van der Waals surface area (Å²) in [5.74, 6) is -2.93. The van der Waals surface area contributed by atoms with Crippen LogP contribution in [-0.2, 0) is 16.8 Å². The Balaban J connectivity index is 1.54. The van der Waals surface area contributed by atoms with E-state index in [9.17, 15) is 37.4 Å². The van der Waals surface area contributed by atoms with Crippen LogP contribution in [0.3, 0.4) is 0 Å². The van der Waals surface area contributed by atoms with Gasteiger partial charge in [-0.1, -0.05) is 0 Å². The second kappa shape index (κ2) is 11.2. The first-order chi connectivity index (χ1) is 20.3. The van der Waals surface area contributed by atoms with Crippen molar-refractivity contribution in [3.8, 4) is 22.8 Å². The normalized spacial score (nSPS) is 14.8. The number of rotatable bonds is 10. The minimum absolute atomic E-state index is 0.0390. The quantitative estimate of drug-likeness (QED) is 0.201. The van der Waals surface area contributed by atoms with Gasteiger partial charge in [0.05, 0.1) is 31.3 Å². The van der Waals surface area contributed by atoms with E-state index in [0.717, 1.165) is 37.1 Å². The summed E-state index contributed by atoms with van der Waals surface area (Å²) in [7, 11) is 0. The van der Waals surface area contributed by atoms with Gasteiger partial charge in [-0.3, -0.25) is 14.3 Å². The molecule has 1 atom stereocenters. The summed E-state index contributed by atoms with van der Waals surface area (Å²) < 4.78 is 64.6. The average molecular weight is 602 g/mol. The summed E-state index contributed by atoms with van der Waals surface area (Å²) in [5, 5.41) is 28.3. The Bertz CT molecular complexity index is 1700. The van der Waals surface area contributed by atoms with Crippen molar-refractivity contribution in [1.82, 2.24) is 20.1 Å². The summed E-state index contributed by atoms with van der Waals surface area (Å²) in [6, 6.07) is 8.09. The summed E-state index contributed by atoms with van der Waals surface area (Å²) in [5.41, 5.74) is 0.555. The zero-order valence-electron chi connectivity index (χ0n) is 22.8. The van der Waals surface area contributed by atoms with Gasteiger partial charge in [0.1, 0.15) is 28.5 Å². The number of carbonyl (C=O) groups excluding carboxylic acids is 2. The topological polar surface area (TPSA) is 153 Å². The van der Waals surface area contributed by atoms with Crippen molar-refractivity contribution in [2.45, 2.75) is 44.0 Å². The first-order valence-corrected chi connectivity index (χ1v) is 13.3. The monoisotopic (exact) mass is 601 g/mol. The molecule has 2 aromatic heterocycles. The number of phenols is 1. The number of ether oxygens (including phenoxy) is 1. The molecule has 0 bridgehead atoms. The number of hydrogen-bond acceptors (Lipinski definition) is 7. The number of carbonyl (C=O) groups is 2. The van der Waals surface area contributed by atoms with Crippen molar-refractivity contribution < 1.29 is 42.1 Å². The maximum absolute atomic E-state index is 14.6. The molecule has 2 amide bonds. The molecule has 1 fully saturated rings. The molecule has 0 radical (unpaired) electrons. The number of fused-ring (bicyclic) bond motifs is 1. The molecule has 2 heterocycles. The zero-order chi connectivity index (χ0) is 31.1. The van der Waals surface area contributed by atoms with E-state index in [2.05, 4.69) is 15.4 Å². The van der Waals surface area contributed by atoms with Gasteiger partial charge in [-0.25, -0.2) is 9.37 Å². The maximum atomic E-state index is 14.6. The van der Waals surface area contributed by atoms with Gasteiger partial charge in [0.25, 0.3) is 5.91 Å². The minimum atomic E-state index is -5.37. The predicted molar refractivity (Wildman–Crippen MR) is 146 cm³/mol. The number of alkyl halides is 3. The first-order valence-electron chi connectivity index (χ1n) is 13.3. The molecule has 1 saturated carbocycles. The highest BCUT2D eigenvalue weighted by Crippen LogP contribution is 2.42. The van der Waals surface area contributed by atoms with Crippen LogP contribution >= 0.6 is 0 Å². The smallest absolute Gasteiger partial charge is 0.424 e. The highest BCUT2D eigenvalue weighted by Gasteiger charge is 2.56. The number of nitrogens with one attached hydrogen (secondary N) is 1. The number of primary amides is 1. The zero-order valence-corrected chi connectivity index (χ0v) is 22.8. The third kappa shape index (κ3) is 5.95. The third-order valence-corrected chi connectivity index (χ3v) is 7.01. The number of aromatic nitrogens is 3. The van der Waals surface area contributed by atoms with E-state index in [-0.39, 0.29) is 52.0 Å². The molecule has 226 valence electrons. The van der Waals surface area contributed by atoms with Gasteiger partial charge in [-0.05, 0) is 62.2 Å². The lowest BCUT2D eigenvalue weighted by molar-refractivity contribution is -0.265. The van der Waals surface area contributed by atoms with Crippen LogP contribution in [0.1, 0.15) is 47.4 Å². The van der Waals surface area contributed by atoms with Crippen molar-refractivity contribution in [3.05, 3.63) is 71.3 Å². The van der Waals surface area contributed by atoms with E-state index in [0.29, 0.717) is 5.39 Å². The van der Waals surface area contributed by atoms with Gasteiger partial charge in [0, 0.05) is 28.3 Å². The average Bonchev–Trinajstić information content (AvgIpc) is 3.70. The van der Waals surface area contributed by atoms with E-state index < -0.39 is 48.1 Å². The summed E-state index contributed by atoms with van der Waals surface area (Å²) in [6.07, 6.45) is -2.46. The lowest BCUT2D eigenvalue weighted by Gasteiger charge is -2.31. The Morgan fingerprint density at radius 1 is 1.16 bits per heavy atom. The van der Waals surface area contributed by atoms with E-state index >= 15 is 0 Å². The second-order valence-corrected chi connectivity index (χ2v) is 10.2. The maximum Gasteiger partial charge on any atom is 0.424 e. The van der Waals surface area contributed by atoms with E-state index in [4.69, 9.17) is 10.5 Å². The van der Waals surface area contributed by atoms with Gasteiger partial charge in [0.2, 0.25) is 11.5 Å². The van der Waals surface area contributed by atoms with E-state index in [1.807, 2.05) is 0 Å². The molecule has 5 N–H and O–H groups in total. The highest BCUT2D eigenvalue weighted by molar-refractivity contribution is 5.99. The lowest BCUT2D eigenvalue weighted by atomic mass is 9.93. The molecule has 0 aliphatic heterocycles. The number of nitrogens with zero attached hydrogens (tertiary/aromatic N) is 3. The van der Waals surface area contributed by atoms with Gasteiger partial charge in [-0.15, -0.1) is 0 Å². The van der Waals surface area contributed by atoms with Crippen molar-refractivity contribution in [3.63, 3.8) is 0 Å². The molecule has 0 spiro atoms. The van der Waals surface area contributed by atoms with Gasteiger partial charge >= 0.3 is 6.18 Å². The molecule has 1 aliphatic carbocycles. The van der Waals surface area contributed by atoms with Crippen LogP contribution in [0.15, 0.2) is 48.7 Å². The second-order valence-electron chi connectivity index (χ2n) is 10.2. The molecule has 0 saturated heterocycles. The number of aliphatic hydroxyl groups is 1. The Hall–Kier alpha value is -4.72. The number of benzene rings is 2. The molecular formula is C29H27F4N5O5. The Kier molecular flexibility index (Phi) is 7.73. The minimum Gasteiger partial charge on any atom is -0.506 e. The van der Waals surface area contributed by atoms with Crippen LogP contribution in [0, 0.1) is 5.82 Å². The number of halogens is 4. The highest BCUT2D eigenvalue weighted by atomic mass is 19.4. The van der Waals surface area contributed by atoms with Gasteiger partial charge in [0.15, 0.2) is 0 Å². The van der Waals surface area contributed by atoms with Gasteiger partial charge < -0.3 is 26.0 Å². The fourth-order valence-corrected chi connectivity index (χ4v) is 4.66. The standard InChI is InChI=1S/C29H27F4N5O5/c1-2-43-26-16(12-23(34)40)11-22(36-25(26)15-3-5-19(30)6-4-15)28(42,29(31,32)33)14-35-27(41)17-9-18-13-38(20-7-8-20)37-24(18)21(39)10-17/h3-6,9-11,13,20,39,42H,2,7-8,12,14H2,1H3,(H2,34,40)(H,35,41)/t28-/m0/s1. The Morgan fingerprint density at radius 3 is 2.47 bits per heavy atom. The van der Waals surface area contributed by atoms with Gasteiger partial charge in [-0.2, -0.15) is 18.3 Å². The summed E-state index contributed by atoms with van der Waals surface area (Å²) in [6.45, 7) is 0.261. The van der Waals surface area contributed by atoms with Crippen LogP contribution in [0.25, 0.3) is 22.2 Å². The van der Waals surface area contributed by atoms with Crippen LogP contribution < -0.4 is 15.8 Å². The number of amides is 2.